The summed E-state index contributed by atoms with van der Waals surface area (Å²) < 4.78 is 10.2. The number of hydrogen-bond acceptors (Lipinski definition) is 4. The van der Waals surface area contributed by atoms with Crippen LogP contribution in [0.1, 0.15) is 56.0 Å². The normalized spacial score (nSPS) is 11.9. The van der Waals surface area contributed by atoms with Crippen LogP contribution in [0.15, 0.2) is 132 Å². The van der Waals surface area contributed by atoms with E-state index < -0.39 is 13.3 Å². The number of pyridine rings is 2. The molecule has 0 saturated heterocycles. The summed E-state index contributed by atoms with van der Waals surface area (Å²) >= 11 is -1.86. The minimum absolute atomic E-state index is 0. The summed E-state index contributed by atoms with van der Waals surface area (Å²) in [5.41, 5.74) is 12.5. The number of aromatic nitrogens is 4. The number of fused-ring (bicyclic) bond motifs is 7. The van der Waals surface area contributed by atoms with Gasteiger partial charge in [0, 0.05) is 36.6 Å². The average molecular weight is 1050 g/mol. The number of hydrogen-bond donors (Lipinski definition) is 0. The van der Waals surface area contributed by atoms with Crippen molar-refractivity contribution in [1.82, 2.24) is 19.5 Å². The van der Waals surface area contributed by atoms with Crippen LogP contribution in [-0.4, -0.2) is 32.8 Å². The van der Waals surface area contributed by atoms with Crippen LogP contribution in [0.4, 0.5) is 0 Å². The second-order valence-corrected chi connectivity index (χ2v) is 28.7. The maximum Gasteiger partial charge on any atom is 0.216 e. The van der Waals surface area contributed by atoms with E-state index in [1.807, 2.05) is 31.2 Å². The second-order valence-electron chi connectivity index (χ2n) is 18.1. The third kappa shape index (κ3) is 8.05. The maximum absolute atomic E-state index is 6.28. The molecule has 4 heterocycles. The standard InChI is InChI=1S/C37H28N3O.C18H24GeN.Ir/c1-21(2)33-27-13-7-5-11-25(27)26-12-6-8-14-28(26)35(33)40-31-16-10-9-15-30(31)39-36(40)24-17-18-29-32(20-24)41-37-34(29)22(3)19-23(4)38-37;1-14(2)11-16-12-18(15-9-7-6-8-10-15)20-13-17(16)19(3,4)5;/h5-19,21H,1-4H3;6-9,12-14H,11H2,1-5H3;/q2*-1;. The number of imidazole rings is 1. The van der Waals surface area contributed by atoms with Crippen molar-refractivity contribution in [2.24, 2.45) is 5.92 Å². The molecule has 0 unspecified atom stereocenters. The molecule has 5 nitrogen and oxygen atoms in total. The monoisotopic (exact) mass is 1050 g/mol. The smallest absolute Gasteiger partial charge is 0.216 e. The number of benzene rings is 6. The minimum Gasteiger partial charge on any atom is -0.459 e. The Kier molecular flexibility index (Phi) is 12.1. The van der Waals surface area contributed by atoms with E-state index >= 15 is 0 Å². The Hall–Kier alpha value is -5.40. The number of para-hydroxylation sites is 2. The van der Waals surface area contributed by atoms with E-state index in [4.69, 9.17) is 14.4 Å². The molecule has 10 rings (SSSR count). The van der Waals surface area contributed by atoms with Crippen molar-refractivity contribution in [3.63, 3.8) is 0 Å². The van der Waals surface area contributed by atoms with Crippen LogP contribution in [0, 0.1) is 31.9 Å². The third-order valence-corrected chi connectivity index (χ3v) is 16.0. The van der Waals surface area contributed by atoms with E-state index in [0.717, 1.165) is 62.1 Å². The number of rotatable bonds is 7. The summed E-state index contributed by atoms with van der Waals surface area (Å²) in [7, 11) is 0. The predicted molar refractivity (Wildman–Crippen MR) is 259 cm³/mol. The van der Waals surface area contributed by atoms with Crippen molar-refractivity contribution < 1.29 is 24.5 Å². The van der Waals surface area contributed by atoms with Crippen LogP contribution in [0.25, 0.3) is 83.0 Å². The molecule has 0 aliphatic rings. The molecule has 6 aromatic carbocycles. The van der Waals surface area contributed by atoms with Crippen molar-refractivity contribution in [3.8, 4) is 28.3 Å². The van der Waals surface area contributed by atoms with Gasteiger partial charge in [-0.25, -0.2) is 4.98 Å². The zero-order valence-electron chi connectivity index (χ0n) is 37.0. The van der Waals surface area contributed by atoms with E-state index in [-0.39, 0.29) is 26.0 Å². The van der Waals surface area contributed by atoms with Gasteiger partial charge in [-0.2, -0.15) is 0 Å². The average Bonchev–Trinajstić information content (AvgIpc) is 3.81. The zero-order valence-corrected chi connectivity index (χ0v) is 41.5. The van der Waals surface area contributed by atoms with Gasteiger partial charge in [-0.1, -0.05) is 86.0 Å². The minimum atomic E-state index is -1.86. The van der Waals surface area contributed by atoms with Gasteiger partial charge in [0.1, 0.15) is 0 Å². The molecule has 1 radical (unpaired) electrons. The first-order valence-corrected chi connectivity index (χ1v) is 28.8. The Morgan fingerprint density at radius 3 is 2.08 bits per heavy atom. The summed E-state index contributed by atoms with van der Waals surface area (Å²) in [4.78, 5) is 14.6. The molecule has 10 aromatic rings. The Morgan fingerprint density at radius 2 is 1.39 bits per heavy atom. The molecule has 0 amide bonds. The first-order chi connectivity index (χ1) is 29.4. The van der Waals surface area contributed by atoms with Gasteiger partial charge in [0.25, 0.3) is 0 Å². The fourth-order valence-corrected chi connectivity index (χ4v) is 12.4. The molecular formula is C55H52GeIrN4O-2. The fourth-order valence-electron chi connectivity index (χ4n) is 9.07. The van der Waals surface area contributed by atoms with Gasteiger partial charge in [-0.15, -0.1) is 17.7 Å². The summed E-state index contributed by atoms with van der Waals surface area (Å²) in [6, 6.07) is 49.5. The first-order valence-electron chi connectivity index (χ1n) is 21.5. The fraction of sp³-hybridized carbons (Fsp3) is 0.218. The van der Waals surface area contributed by atoms with Gasteiger partial charge in [0.15, 0.2) is 0 Å². The van der Waals surface area contributed by atoms with Crippen LogP contribution in [0.5, 0.6) is 0 Å². The molecule has 4 aromatic heterocycles. The third-order valence-electron chi connectivity index (χ3n) is 11.6. The van der Waals surface area contributed by atoms with E-state index in [2.05, 4.69) is 177 Å². The second kappa shape index (κ2) is 17.4. The molecule has 62 heavy (non-hydrogen) atoms. The topological polar surface area (TPSA) is 56.7 Å². The maximum atomic E-state index is 6.28. The molecule has 0 atom stereocenters. The number of aryl methyl sites for hydroxylation is 2. The molecule has 313 valence electrons. The van der Waals surface area contributed by atoms with Crippen LogP contribution >= 0.6 is 0 Å². The van der Waals surface area contributed by atoms with Gasteiger partial charge in [-0.05, 0) is 65.3 Å². The van der Waals surface area contributed by atoms with Gasteiger partial charge in [0.2, 0.25) is 5.71 Å². The molecule has 0 fully saturated rings. The largest absolute Gasteiger partial charge is 0.459 e. The van der Waals surface area contributed by atoms with Crippen LogP contribution in [0.2, 0.25) is 17.3 Å². The molecular weight excluding hydrogens is 997 g/mol. The summed E-state index contributed by atoms with van der Waals surface area (Å²) in [6.07, 6.45) is 3.27. The summed E-state index contributed by atoms with van der Waals surface area (Å²) in [5, 5.41) is 7.06. The molecule has 0 aliphatic carbocycles. The predicted octanol–water partition coefficient (Wildman–Crippen LogP) is 14.1. The van der Waals surface area contributed by atoms with E-state index in [0.29, 0.717) is 17.2 Å². The van der Waals surface area contributed by atoms with Crippen molar-refractivity contribution in [1.29, 1.82) is 0 Å². The molecule has 0 spiro atoms. The van der Waals surface area contributed by atoms with Crippen molar-refractivity contribution in [2.45, 2.75) is 71.1 Å². The van der Waals surface area contributed by atoms with Crippen molar-refractivity contribution in [3.05, 3.63) is 162 Å². The van der Waals surface area contributed by atoms with Crippen LogP contribution < -0.4 is 4.40 Å². The van der Waals surface area contributed by atoms with Gasteiger partial charge >= 0.3 is 126 Å². The Labute approximate surface area is 381 Å². The zero-order chi connectivity index (χ0) is 42.6. The van der Waals surface area contributed by atoms with E-state index in [9.17, 15) is 0 Å². The number of nitrogens with zero attached hydrogens (tertiary/aromatic N) is 4. The first kappa shape index (κ1) is 43.3. The van der Waals surface area contributed by atoms with Gasteiger partial charge in [0.05, 0.1) is 28.1 Å². The quantitative estimate of drug-likeness (QED) is 0.0907. The van der Waals surface area contributed by atoms with Crippen LogP contribution in [-0.2, 0) is 26.5 Å². The SMILES string of the molecule is CC(C)Cc1cc(-c2[c-]cccc2)nc[c]1[Ge]([CH3])([CH3])[CH3].Cc1cc(C)c2c(n1)oc1[c-]c(-c3nc4ccccc4n3-c3c(C(C)C)c4ccccc4c4ccccc34)ccc12.[Ir]. The molecule has 0 aliphatic heterocycles. The molecule has 7 heteroatoms. The van der Waals surface area contributed by atoms with Gasteiger partial charge < -0.3 is 8.98 Å². The van der Waals surface area contributed by atoms with Crippen molar-refractivity contribution in [2.75, 3.05) is 0 Å². The van der Waals surface area contributed by atoms with Gasteiger partial charge in [-0.3, -0.25) is 4.98 Å². The van der Waals surface area contributed by atoms with E-state index in [1.165, 1.54) is 38.4 Å². The Morgan fingerprint density at radius 1 is 0.710 bits per heavy atom. The Bertz CT molecular complexity index is 3250. The molecule has 0 saturated carbocycles. The van der Waals surface area contributed by atoms with E-state index in [1.54, 1.807) is 4.40 Å². The van der Waals surface area contributed by atoms with Crippen molar-refractivity contribution >= 4 is 72.3 Å². The van der Waals surface area contributed by atoms with Crippen LogP contribution in [0.3, 0.4) is 0 Å². The molecule has 0 bridgehead atoms. The number of furan rings is 1. The summed E-state index contributed by atoms with van der Waals surface area (Å²) in [5.74, 6) is 9.12. The summed E-state index contributed by atoms with van der Waals surface area (Å²) in [6.45, 7) is 13.2. The molecule has 0 N–H and O–H groups in total. The Balaban J connectivity index is 0.000000214.